The molecule has 0 saturated carbocycles. The highest BCUT2D eigenvalue weighted by Gasteiger charge is 2.28. The lowest BCUT2D eigenvalue weighted by Crippen LogP contribution is -2.19. The van der Waals surface area contributed by atoms with Crippen LogP contribution in [0.2, 0.25) is 0 Å². The van der Waals surface area contributed by atoms with Crippen LogP contribution in [0.3, 0.4) is 0 Å². The van der Waals surface area contributed by atoms with E-state index in [9.17, 15) is 9.90 Å². The van der Waals surface area contributed by atoms with Crippen molar-refractivity contribution in [3.8, 4) is 0 Å². The van der Waals surface area contributed by atoms with Crippen LogP contribution < -0.4 is 0 Å². The van der Waals surface area contributed by atoms with Gasteiger partial charge in [-0.1, -0.05) is 27.7 Å². The SMILES string of the molecule is COC(=O)C(C)CC(O)c1cn(C)nc1C(C)(C)C. The van der Waals surface area contributed by atoms with Crippen LogP contribution >= 0.6 is 0 Å². The number of aliphatic hydroxyl groups is 1. The molecule has 1 rings (SSSR count). The number of methoxy groups -OCH3 is 1. The number of esters is 1. The minimum absolute atomic E-state index is 0.147. The summed E-state index contributed by atoms with van der Waals surface area (Å²) in [5.41, 5.74) is 1.50. The third-order valence-electron chi connectivity index (χ3n) is 3.11. The molecule has 1 heterocycles. The Hall–Kier alpha value is -1.36. The van der Waals surface area contributed by atoms with Crippen molar-refractivity contribution in [1.29, 1.82) is 0 Å². The van der Waals surface area contributed by atoms with Gasteiger partial charge in [-0.2, -0.15) is 5.10 Å². The molecule has 0 aromatic carbocycles. The summed E-state index contributed by atoms with van der Waals surface area (Å²) < 4.78 is 6.38. The van der Waals surface area contributed by atoms with Crippen molar-refractivity contribution in [3.63, 3.8) is 0 Å². The summed E-state index contributed by atoms with van der Waals surface area (Å²) in [5.74, 6) is -0.645. The van der Waals surface area contributed by atoms with E-state index in [1.165, 1.54) is 7.11 Å². The van der Waals surface area contributed by atoms with E-state index in [1.807, 2.05) is 13.2 Å². The van der Waals surface area contributed by atoms with Crippen molar-refractivity contribution in [2.45, 2.75) is 45.6 Å². The van der Waals surface area contributed by atoms with Crippen LogP contribution in [0.5, 0.6) is 0 Å². The normalized spacial score (nSPS) is 15.1. The van der Waals surface area contributed by atoms with Crippen LogP contribution in [0.4, 0.5) is 0 Å². The van der Waals surface area contributed by atoms with E-state index in [2.05, 4.69) is 30.6 Å². The molecule has 2 atom stereocenters. The summed E-state index contributed by atoms with van der Waals surface area (Å²) in [4.78, 5) is 11.4. The highest BCUT2D eigenvalue weighted by atomic mass is 16.5. The maximum absolute atomic E-state index is 11.4. The zero-order chi connectivity index (χ0) is 14.8. The van der Waals surface area contributed by atoms with Gasteiger partial charge in [0.25, 0.3) is 0 Å². The zero-order valence-electron chi connectivity index (χ0n) is 12.6. The second-order valence-electron chi connectivity index (χ2n) is 6.03. The quantitative estimate of drug-likeness (QED) is 0.848. The Kier molecular flexibility index (Phi) is 4.74. The van der Waals surface area contributed by atoms with E-state index in [0.29, 0.717) is 6.42 Å². The Balaban J connectivity index is 2.94. The molecular formula is C14H24N2O3. The smallest absolute Gasteiger partial charge is 0.308 e. The van der Waals surface area contributed by atoms with Gasteiger partial charge in [0, 0.05) is 24.2 Å². The first-order chi connectivity index (χ1) is 8.66. The molecule has 0 aliphatic heterocycles. The zero-order valence-corrected chi connectivity index (χ0v) is 12.6. The fourth-order valence-electron chi connectivity index (χ4n) is 2.09. The Morgan fingerprint density at radius 1 is 1.53 bits per heavy atom. The summed E-state index contributed by atoms with van der Waals surface area (Å²) in [6.07, 6.45) is 1.44. The van der Waals surface area contributed by atoms with E-state index in [-0.39, 0.29) is 17.3 Å². The number of ether oxygens (including phenoxy) is 1. The van der Waals surface area contributed by atoms with E-state index in [4.69, 9.17) is 0 Å². The lowest BCUT2D eigenvalue weighted by molar-refractivity contribution is -0.145. The number of nitrogens with zero attached hydrogens (tertiary/aromatic N) is 2. The molecule has 19 heavy (non-hydrogen) atoms. The summed E-state index contributed by atoms with van der Waals surface area (Å²) in [6, 6.07) is 0. The van der Waals surface area contributed by atoms with E-state index >= 15 is 0 Å². The molecule has 2 unspecified atom stereocenters. The molecule has 1 aromatic heterocycles. The van der Waals surface area contributed by atoms with Gasteiger partial charge in [-0.05, 0) is 6.42 Å². The maximum Gasteiger partial charge on any atom is 0.308 e. The molecule has 1 aromatic rings. The highest BCUT2D eigenvalue weighted by molar-refractivity contribution is 5.71. The Morgan fingerprint density at radius 3 is 2.58 bits per heavy atom. The van der Waals surface area contributed by atoms with Gasteiger partial charge in [0.2, 0.25) is 0 Å². The van der Waals surface area contributed by atoms with Crippen LogP contribution in [-0.2, 0) is 22.0 Å². The monoisotopic (exact) mass is 268 g/mol. The second-order valence-corrected chi connectivity index (χ2v) is 6.03. The van der Waals surface area contributed by atoms with Gasteiger partial charge in [0.15, 0.2) is 0 Å². The van der Waals surface area contributed by atoms with Crippen molar-refractivity contribution in [3.05, 3.63) is 17.5 Å². The molecule has 0 fully saturated rings. The molecule has 0 aliphatic carbocycles. The van der Waals surface area contributed by atoms with Crippen molar-refractivity contribution < 1.29 is 14.6 Å². The minimum atomic E-state index is -0.711. The standard InChI is InChI=1S/C14H24N2O3/c1-9(13(18)19-6)7-11(17)10-8-16(5)15-12(10)14(2,3)4/h8-9,11,17H,7H2,1-6H3. The molecule has 108 valence electrons. The molecule has 0 spiro atoms. The summed E-state index contributed by atoms with van der Waals surface area (Å²) in [7, 11) is 3.19. The van der Waals surface area contributed by atoms with E-state index in [1.54, 1.807) is 11.6 Å². The topological polar surface area (TPSA) is 64.3 Å². The average Bonchev–Trinajstić information content (AvgIpc) is 2.70. The highest BCUT2D eigenvalue weighted by Crippen LogP contribution is 2.31. The molecule has 1 N–H and O–H groups in total. The second kappa shape index (κ2) is 5.74. The van der Waals surface area contributed by atoms with E-state index in [0.717, 1.165) is 11.3 Å². The van der Waals surface area contributed by atoms with Gasteiger partial charge < -0.3 is 9.84 Å². The number of aryl methyl sites for hydroxylation is 1. The summed E-state index contributed by atoms with van der Waals surface area (Å²) in [6.45, 7) is 7.90. The lowest BCUT2D eigenvalue weighted by atomic mass is 9.86. The molecule has 5 nitrogen and oxygen atoms in total. The van der Waals surface area contributed by atoms with Crippen LogP contribution in [0.15, 0.2) is 6.20 Å². The maximum atomic E-state index is 11.4. The van der Waals surface area contributed by atoms with Crippen LogP contribution in [-0.4, -0.2) is 28.0 Å². The van der Waals surface area contributed by atoms with Gasteiger partial charge >= 0.3 is 5.97 Å². The number of aromatic nitrogens is 2. The lowest BCUT2D eigenvalue weighted by Gasteiger charge is -2.21. The summed E-state index contributed by atoms with van der Waals surface area (Å²) >= 11 is 0. The molecule has 0 radical (unpaired) electrons. The van der Waals surface area contributed by atoms with Crippen molar-refractivity contribution in [2.24, 2.45) is 13.0 Å². The third kappa shape index (κ3) is 3.80. The molecular weight excluding hydrogens is 244 g/mol. The van der Waals surface area contributed by atoms with Crippen LogP contribution in [0, 0.1) is 5.92 Å². The first kappa shape index (κ1) is 15.7. The fraction of sp³-hybridized carbons (Fsp3) is 0.714. The molecule has 0 amide bonds. The number of hydrogen-bond donors (Lipinski definition) is 1. The van der Waals surface area contributed by atoms with Crippen molar-refractivity contribution >= 4 is 5.97 Å². The van der Waals surface area contributed by atoms with Crippen molar-refractivity contribution in [2.75, 3.05) is 7.11 Å². The predicted molar refractivity (Wildman–Crippen MR) is 72.7 cm³/mol. The molecule has 0 bridgehead atoms. The van der Waals surface area contributed by atoms with Gasteiger partial charge in [0.1, 0.15) is 0 Å². The number of carbonyl (C=O) groups is 1. The van der Waals surface area contributed by atoms with Crippen molar-refractivity contribution in [1.82, 2.24) is 9.78 Å². The first-order valence-electron chi connectivity index (χ1n) is 6.46. The number of aliphatic hydroxyl groups excluding tert-OH is 1. The van der Waals surface area contributed by atoms with Gasteiger partial charge in [0.05, 0.1) is 24.8 Å². The molecule has 0 aliphatic rings. The van der Waals surface area contributed by atoms with Crippen LogP contribution in [0.25, 0.3) is 0 Å². The predicted octanol–water partition coefficient (Wildman–Crippen LogP) is 1.95. The Bertz CT molecular complexity index is 446. The van der Waals surface area contributed by atoms with Gasteiger partial charge in [-0.25, -0.2) is 0 Å². The fourth-order valence-corrected chi connectivity index (χ4v) is 2.09. The first-order valence-corrected chi connectivity index (χ1v) is 6.46. The minimum Gasteiger partial charge on any atom is -0.469 e. The number of hydrogen-bond acceptors (Lipinski definition) is 4. The average molecular weight is 268 g/mol. The largest absolute Gasteiger partial charge is 0.469 e. The number of carbonyl (C=O) groups excluding carboxylic acids is 1. The number of rotatable bonds is 4. The third-order valence-corrected chi connectivity index (χ3v) is 3.11. The Labute approximate surface area is 114 Å². The molecule has 0 saturated heterocycles. The Morgan fingerprint density at radius 2 is 2.11 bits per heavy atom. The van der Waals surface area contributed by atoms with E-state index < -0.39 is 6.10 Å². The van der Waals surface area contributed by atoms with Gasteiger partial charge in [-0.3, -0.25) is 9.48 Å². The summed E-state index contributed by atoms with van der Waals surface area (Å²) in [5, 5.41) is 14.7. The van der Waals surface area contributed by atoms with Crippen LogP contribution in [0.1, 0.15) is 51.5 Å². The van der Waals surface area contributed by atoms with Gasteiger partial charge in [-0.15, -0.1) is 0 Å². The molecule has 5 heteroatoms.